The number of aryl methyl sites for hydroxylation is 1. The van der Waals surface area contributed by atoms with E-state index in [0.717, 1.165) is 52.1 Å². The lowest BCUT2D eigenvalue weighted by molar-refractivity contribution is 0.121. The van der Waals surface area contributed by atoms with E-state index in [-0.39, 0.29) is 37.0 Å². The Kier molecular flexibility index (Phi) is 8.83. The first-order valence-electron chi connectivity index (χ1n) is 8.63. The third-order valence-electron chi connectivity index (χ3n) is 4.88. The highest BCUT2D eigenvalue weighted by molar-refractivity contribution is 5.85. The fourth-order valence-corrected chi connectivity index (χ4v) is 3.33. The van der Waals surface area contributed by atoms with Gasteiger partial charge < -0.3 is 14.5 Å². The fraction of sp³-hybridized carbons (Fsp3) is 0.611. The van der Waals surface area contributed by atoms with E-state index in [1.54, 1.807) is 11.9 Å². The number of hydrogen-bond acceptors (Lipinski definition) is 4. The average Bonchev–Trinajstić information content (AvgIpc) is 2.91. The van der Waals surface area contributed by atoms with Gasteiger partial charge in [-0.3, -0.25) is 4.90 Å². The Bertz CT molecular complexity index is 551. The lowest BCUT2D eigenvalue weighted by atomic mass is 10.1. The molecule has 0 radical (unpaired) electrons. The van der Waals surface area contributed by atoms with Gasteiger partial charge in [-0.25, -0.2) is 4.79 Å². The summed E-state index contributed by atoms with van der Waals surface area (Å²) in [7, 11) is 1.80. The van der Waals surface area contributed by atoms with Gasteiger partial charge in [0.15, 0.2) is 0 Å². The molecular weight excluding hydrogens is 361 g/mol. The largest absolute Gasteiger partial charge is 0.444 e. The van der Waals surface area contributed by atoms with Crippen molar-refractivity contribution in [2.75, 3.05) is 51.2 Å². The number of benzene rings is 1. The van der Waals surface area contributed by atoms with Crippen LogP contribution in [0.3, 0.4) is 0 Å². The van der Waals surface area contributed by atoms with Crippen molar-refractivity contribution in [3.05, 3.63) is 29.8 Å². The van der Waals surface area contributed by atoms with Crippen molar-refractivity contribution in [1.29, 1.82) is 0 Å². The molecule has 1 atom stereocenters. The predicted molar refractivity (Wildman–Crippen MR) is 106 cm³/mol. The van der Waals surface area contributed by atoms with E-state index in [1.165, 1.54) is 11.3 Å². The van der Waals surface area contributed by atoms with Crippen LogP contribution in [0.5, 0.6) is 0 Å². The Morgan fingerprint density at radius 2 is 1.88 bits per heavy atom. The maximum atomic E-state index is 11.4. The van der Waals surface area contributed by atoms with Crippen LogP contribution in [0.25, 0.3) is 0 Å². The molecule has 25 heavy (non-hydrogen) atoms. The minimum Gasteiger partial charge on any atom is -0.444 e. The molecule has 1 aromatic rings. The van der Waals surface area contributed by atoms with Gasteiger partial charge in [0, 0.05) is 45.5 Å². The number of cyclic esters (lactones) is 1. The highest BCUT2D eigenvalue weighted by Crippen LogP contribution is 2.19. The first-order valence-corrected chi connectivity index (χ1v) is 8.63. The molecule has 0 spiro atoms. The summed E-state index contributed by atoms with van der Waals surface area (Å²) in [5, 5.41) is 0. The summed E-state index contributed by atoms with van der Waals surface area (Å²) in [4.78, 5) is 18.0. The zero-order valence-corrected chi connectivity index (χ0v) is 16.7. The van der Waals surface area contributed by atoms with Crippen LogP contribution in [0.15, 0.2) is 24.3 Å². The fourth-order valence-electron chi connectivity index (χ4n) is 3.33. The van der Waals surface area contributed by atoms with Gasteiger partial charge in [-0.2, -0.15) is 0 Å². The summed E-state index contributed by atoms with van der Waals surface area (Å²) in [6, 6.07) is 8.87. The SMILES string of the molecule is CCc1cccc(N2CCN(CCC3CN(C)C(=O)O3)CC2)c1.Cl.Cl. The third-order valence-corrected chi connectivity index (χ3v) is 4.88. The zero-order valence-electron chi connectivity index (χ0n) is 15.0. The Balaban J connectivity index is 0.00000156. The summed E-state index contributed by atoms with van der Waals surface area (Å²) in [6.07, 6.45) is 1.89. The van der Waals surface area contributed by atoms with Crippen molar-refractivity contribution in [2.24, 2.45) is 0 Å². The van der Waals surface area contributed by atoms with Crippen LogP contribution < -0.4 is 4.90 Å². The smallest absolute Gasteiger partial charge is 0.409 e. The molecule has 0 N–H and O–H groups in total. The van der Waals surface area contributed by atoms with Crippen molar-refractivity contribution < 1.29 is 9.53 Å². The predicted octanol–water partition coefficient (Wildman–Crippen LogP) is 3.06. The average molecular weight is 390 g/mol. The molecule has 7 heteroatoms. The first-order chi connectivity index (χ1) is 11.2. The molecule has 2 heterocycles. The number of ether oxygens (including phenoxy) is 1. The minimum absolute atomic E-state index is 0. The van der Waals surface area contributed by atoms with Crippen LogP contribution in [0.4, 0.5) is 10.5 Å². The molecular formula is C18H29Cl2N3O2. The molecule has 1 unspecified atom stereocenters. The quantitative estimate of drug-likeness (QED) is 0.775. The van der Waals surface area contributed by atoms with Crippen molar-refractivity contribution in [2.45, 2.75) is 25.9 Å². The van der Waals surface area contributed by atoms with Gasteiger partial charge in [0.25, 0.3) is 0 Å². The number of amides is 1. The normalized spacial score (nSPS) is 20.7. The van der Waals surface area contributed by atoms with Crippen molar-refractivity contribution in [3.8, 4) is 0 Å². The number of hydrogen-bond donors (Lipinski definition) is 0. The Morgan fingerprint density at radius 1 is 1.16 bits per heavy atom. The number of likely N-dealkylation sites (N-methyl/N-ethyl adjacent to an activating group) is 1. The molecule has 2 aliphatic rings. The highest BCUT2D eigenvalue weighted by atomic mass is 35.5. The van der Waals surface area contributed by atoms with E-state index in [4.69, 9.17) is 4.74 Å². The van der Waals surface area contributed by atoms with Gasteiger partial charge in [0.1, 0.15) is 6.10 Å². The van der Waals surface area contributed by atoms with E-state index in [2.05, 4.69) is 41.0 Å². The van der Waals surface area contributed by atoms with Gasteiger partial charge in [-0.15, -0.1) is 24.8 Å². The number of carbonyl (C=O) groups is 1. The van der Waals surface area contributed by atoms with Crippen molar-refractivity contribution in [3.63, 3.8) is 0 Å². The highest BCUT2D eigenvalue weighted by Gasteiger charge is 2.28. The van der Waals surface area contributed by atoms with E-state index < -0.39 is 0 Å². The summed E-state index contributed by atoms with van der Waals surface area (Å²) in [5.41, 5.74) is 2.74. The molecule has 5 nitrogen and oxygen atoms in total. The van der Waals surface area contributed by atoms with Crippen LogP contribution in [0, 0.1) is 0 Å². The summed E-state index contributed by atoms with van der Waals surface area (Å²) in [5.74, 6) is 0. The molecule has 0 saturated carbocycles. The van der Waals surface area contributed by atoms with E-state index in [9.17, 15) is 4.79 Å². The lowest BCUT2D eigenvalue weighted by Gasteiger charge is -2.36. The monoisotopic (exact) mass is 389 g/mol. The standard InChI is InChI=1S/C18H27N3O2.2ClH/c1-3-15-5-4-6-16(13-15)21-11-9-20(10-12-21)8-7-17-14-19(2)18(22)23-17;;/h4-6,13,17H,3,7-12,14H2,1-2H3;2*1H. The van der Waals surface area contributed by atoms with E-state index >= 15 is 0 Å². The number of carbonyl (C=O) groups excluding carboxylic acids is 1. The van der Waals surface area contributed by atoms with Crippen LogP contribution in [0.1, 0.15) is 18.9 Å². The summed E-state index contributed by atoms with van der Waals surface area (Å²) < 4.78 is 5.33. The topological polar surface area (TPSA) is 36.0 Å². The zero-order chi connectivity index (χ0) is 16.2. The second-order valence-corrected chi connectivity index (χ2v) is 6.53. The van der Waals surface area contributed by atoms with E-state index in [0.29, 0.717) is 0 Å². The van der Waals surface area contributed by atoms with Crippen LogP contribution >= 0.6 is 24.8 Å². The van der Waals surface area contributed by atoms with Gasteiger partial charge in [0.2, 0.25) is 0 Å². The van der Waals surface area contributed by atoms with Crippen LogP contribution in [-0.2, 0) is 11.2 Å². The van der Waals surface area contributed by atoms with Crippen molar-refractivity contribution >= 4 is 36.6 Å². The molecule has 1 aromatic carbocycles. The molecule has 2 fully saturated rings. The number of piperazine rings is 1. The minimum atomic E-state index is -0.185. The number of rotatable bonds is 5. The first kappa shape index (κ1) is 21.9. The van der Waals surface area contributed by atoms with Gasteiger partial charge in [-0.1, -0.05) is 19.1 Å². The Hall–Kier alpha value is -1.17. The number of nitrogens with zero attached hydrogens (tertiary/aromatic N) is 3. The molecule has 3 rings (SSSR count). The van der Waals surface area contributed by atoms with Gasteiger partial charge in [-0.05, 0) is 30.5 Å². The molecule has 2 saturated heterocycles. The van der Waals surface area contributed by atoms with E-state index in [1.807, 2.05) is 0 Å². The number of anilines is 1. The third kappa shape index (κ3) is 5.66. The number of halogens is 2. The second kappa shape index (κ2) is 10.1. The van der Waals surface area contributed by atoms with Gasteiger partial charge >= 0.3 is 6.09 Å². The van der Waals surface area contributed by atoms with Crippen LogP contribution in [-0.4, -0.2) is 68.3 Å². The Labute approximate surface area is 163 Å². The van der Waals surface area contributed by atoms with Gasteiger partial charge in [0.05, 0.1) is 6.54 Å². The molecule has 1 amide bonds. The Morgan fingerprint density at radius 3 is 2.48 bits per heavy atom. The van der Waals surface area contributed by atoms with Crippen LogP contribution in [0.2, 0.25) is 0 Å². The summed E-state index contributed by atoms with van der Waals surface area (Å²) >= 11 is 0. The summed E-state index contributed by atoms with van der Waals surface area (Å²) in [6.45, 7) is 8.22. The van der Waals surface area contributed by atoms with Crippen molar-refractivity contribution in [1.82, 2.24) is 9.80 Å². The lowest BCUT2D eigenvalue weighted by Crippen LogP contribution is -2.47. The second-order valence-electron chi connectivity index (χ2n) is 6.53. The molecule has 0 aromatic heterocycles. The molecule has 142 valence electrons. The molecule has 2 aliphatic heterocycles. The molecule has 0 aliphatic carbocycles. The maximum absolute atomic E-state index is 11.4. The molecule has 0 bridgehead atoms. The maximum Gasteiger partial charge on any atom is 0.409 e.